The molecule has 1 rings (SSSR count). The predicted octanol–water partition coefficient (Wildman–Crippen LogP) is -0.146. The number of hydrogen-bond acceptors (Lipinski definition) is 2. The normalized spacial score (nSPS) is 14.7. The number of allylic oxidation sites excluding steroid dienone is 6. The van der Waals surface area contributed by atoms with Gasteiger partial charge in [-0.15, -0.1) is 0 Å². The Morgan fingerprint density at radius 1 is 1.33 bits per heavy atom. The fourth-order valence-electron chi connectivity index (χ4n) is 0.568. The molecule has 0 spiro atoms. The molecule has 0 aromatic heterocycles. The van der Waals surface area contributed by atoms with Crippen LogP contribution in [0.15, 0.2) is 29.8 Å². The quantitative estimate of drug-likeness (QED) is 0.374. The number of rotatable bonds is 1. The Kier molecular flexibility index (Phi) is 1.80. The van der Waals surface area contributed by atoms with Crippen LogP contribution in [0, 0.1) is 6.08 Å². The molecule has 0 fully saturated rings. The van der Waals surface area contributed by atoms with E-state index in [1.165, 1.54) is 0 Å². The van der Waals surface area contributed by atoms with E-state index in [-0.39, 0.29) is 0 Å². The molecule has 3 heteroatoms. The van der Waals surface area contributed by atoms with Gasteiger partial charge in [-0.2, -0.15) is 0 Å². The lowest BCUT2D eigenvalue weighted by atomic mass is 9.78. The van der Waals surface area contributed by atoms with Gasteiger partial charge in [0.2, 0.25) is 0 Å². The van der Waals surface area contributed by atoms with Crippen molar-refractivity contribution in [2.24, 2.45) is 0 Å². The second-order valence-electron chi connectivity index (χ2n) is 1.69. The third-order valence-corrected chi connectivity index (χ3v) is 1.01. The molecule has 0 atom stereocenters. The third-order valence-electron chi connectivity index (χ3n) is 1.01. The van der Waals surface area contributed by atoms with Crippen LogP contribution in [0.2, 0.25) is 0 Å². The molecule has 9 heavy (non-hydrogen) atoms. The second kappa shape index (κ2) is 2.60. The zero-order chi connectivity index (χ0) is 6.69. The summed E-state index contributed by atoms with van der Waals surface area (Å²) in [7, 11) is -1.40. The van der Waals surface area contributed by atoms with Crippen molar-refractivity contribution in [2.45, 2.75) is 0 Å². The van der Waals surface area contributed by atoms with Crippen molar-refractivity contribution in [3.63, 3.8) is 0 Å². The fourth-order valence-corrected chi connectivity index (χ4v) is 0.568. The molecule has 1 aliphatic carbocycles. The van der Waals surface area contributed by atoms with E-state index in [1.807, 2.05) is 0 Å². The zero-order valence-corrected chi connectivity index (χ0v) is 4.78. The Hall–Kier alpha value is -0.885. The Balaban J connectivity index is 2.72. The summed E-state index contributed by atoms with van der Waals surface area (Å²) in [6.45, 7) is 0. The van der Waals surface area contributed by atoms with Crippen LogP contribution in [0.4, 0.5) is 0 Å². The molecule has 0 bridgehead atoms. The van der Waals surface area contributed by atoms with Crippen molar-refractivity contribution in [1.82, 2.24) is 0 Å². The predicted molar refractivity (Wildman–Crippen MR) is 35.2 cm³/mol. The molecule has 0 unspecified atom stereocenters. The minimum absolute atomic E-state index is 0.400. The van der Waals surface area contributed by atoms with Crippen LogP contribution in [0.25, 0.3) is 0 Å². The van der Waals surface area contributed by atoms with Crippen LogP contribution < -0.4 is 0 Å². The molecule has 0 aromatic rings. The monoisotopic (exact) mass is 121 g/mol. The smallest absolute Gasteiger partial charge is 0.421 e. The molecule has 0 aromatic carbocycles. The SMILES string of the molecule is OB(O)C1=CC=CC=[C+]1. The van der Waals surface area contributed by atoms with Crippen LogP contribution in [0.5, 0.6) is 0 Å². The van der Waals surface area contributed by atoms with Gasteiger partial charge in [0.25, 0.3) is 0 Å². The summed E-state index contributed by atoms with van der Waals surface area (Å²) in [5.74, 6) is 0. The highest BCUT2D eigenvalue weighted by atomic mass is 16.4. The highest BCUT2D eigenvalue weighted by molar-refractivity contribution is 6.51. The number of hydrogen-bond donors (Lipinski definition) is 2. The van der Waals surface area contributed by atoms with Gasteiger partial charge in [-0.05, 0) is 0 Å². The van der Waals surface area contributed by atoms with E-state index in [2.05, 4.69) is 6.08 Å². The van der Waals surface area contributed by atoms with Crippen LogP contribution in [0.1, 0.15) is 0 Å². The van der Waals surface area contributed by atoms with E-state index in [4.69, 9.17) is 10.0 Å². The van der Waals surface area contributed by atoms with E-state index in [0.29, 0.717) is 5.47 Å². The lowest BCUT2D eigenvalue weighted by Gasteiger charge is -1.89. The van der Waals surface area contributed by atoms with Gasteiger partial charge in [-0.3, -0.25) is 0 Å². The van der Waals surface area contributed by atoms with Gasteiger partial charge in [0.15, 0.2) is 0 Å². The van der Waals surface area contributed by atoms with Gasteiger partial charge < -0.3 is 10.0 Å². The largest absolute Gasteiger partial charge is 0.526 e. The molecule has 0 radical (unpaired) electrons. The van der Waals surface area contributed by atoms with E-state index < -0.39 is 7.12 Å². The van der Waals surface area contributed by atoms with Crippen molar-refractivity contribution in [1.29, 1.82) is 0 Å². The van der Waals surface area contributed by atoms with E-state index in [0.717, 1.165) is 0 Å². The minimum atomic E-state index is -1.40. The van der Waals surface area contributed by atoms with Crippen molar-refractivity contribution >= 4 is 7.12 Å². The standard InChI is InChI=1S/C6H6BO2/c8-7(9)6-4-2-1-3-5-6/h1-4,8-9H/q+1. The van der Waals surface area contributed by atoms with Gasteiger partial charge >= 0.3 is 7.12 Å². The molecule has 0 aliphatic heterocycles. The summed E-state index contributed by atoms with van der Waals surface area (Å²) in [6.07, 6.45) is 9.40. The summed E-state index contributed by atoms with van der Waals surface area (Å²) >= 11 is 0. The molecular formula is C6H6BO2+. The summed E-state index contributed by atoms with van der Waals surface area (Å²) in [5.41, 5.74) is 0.400. The highest BCUT2D eigenvalue weighted by Gasteiger charge is 2.18. The highest BCUT2D eigenvalue weighted by Crippen LogP contribution is 2.02. The average Bonchev–Trinajstić information content (AvgIpc) is 1.90. The van der Waals surface area contributed by atoms with E-state index in [9.17, 15) is 0 Å². The van der Waals surface area contributed by atoms with Crippen LogP contribution in [-0.4, -0.2) is 17.2 Å². The Labute approximate surface area is 54.0 Å². The van der Waals surface area contributed by atoms with Crippen LogP contribution in [0.3, 0.4) is 0 Å². The average molecular weight is 121 g/mol. The van der Waals surface area contributed by atoms with Crippen molar-refractivity contribution < 1.29 is 10.0 Å². The molecule has 0 saturated carbocycles. The maximum absolute atomic E-state index is 8.55. The van der Waals surface area contributed by atoms with E-state index >= 15 is 0 Å². The third kappa shape index (κ3) is 1.51. The van der Waals surface area contributed by atoms with Gasteiger partial charge in [-0.25, -0.2) is 0 Å². The van der Waals surface area contributed by atoms with Crippen molar-refractivity contribution in [2.75, 3.05) is 0 Å². The first-order valence-electron chi connectivity index (χ1n) is 2.63. The Morgan fingerprint density at radius 3 is 2.44 bits per heavy atom. The second-order valence-corrected chi connectivity index (χ2v) is 1.69. The van der Waals surface area contributed by atoms with Crippen LogP contribution in [-0.2, 0) is 0 Å². The topological polar surface area (TPSA) is 40.5 Å². The zero-order valence-electron chi connectivity index (χ0n) is 4.78. The van der Waals surface area contributed by atoms with Crippen molar-refractivity contribution in [3.05, 3.63) is 35.9 Å². The molecule has 44 valence electrons. The van der Waals surface area contributed by atoms with E-state index in [1.54, 1.807) is 24.3 Å². The molecule has 1 aliphatic rings. The minimum Gasteiger partial charge on any atom is -0.421 e. The Morgan fingerprint density at radius 2 is 2.11 bits per heavy atom. The molecule has 2 N–H and O–H groups in total. The first-order chi connectivity index (χ1) is 4.30. The summed E-state index contributed by atoms with van der Waals surface area (Å²) in [4.78, 5) is 0. The van der Waals surface area contributed by atoms with Crippen LogP contribution >= 0.6 is 0 Å². The molecule has 0 heterocycles. The summed E-state index contributed by atoms with van der Waals surface area (Å²) in [6, 6.07) is 0. The fraction of sp³-hybridized carbons (Fsp3) is 0. The lowest BCUT2D eigenvalue weighted by molar-refractivity contribution is 0.420. The maximum Gasteiger partial charge on any atom is 0.526 e. The summed E-state index contributed by atoms with van der Waals surface area (Å²) < 4.78 is 0. The van der Waals surface area contributed by atoms with Gasteiger partial charge in [0.05, 0.1) is 0 Å². The van der Waals surface area contributed by atoms with Gasteiger partial charge in [-0.1, -0.05) is 0 Å². The first kappa shape index (κ1) is 6.24. The van der Waals surface area contributed by atoms with Gasteiger partial charge in [0.1, 0.15) is 11.5 Å². The Bertz CT molecular complexity index is 179. The maximum atomic E-state index is 8.55. The molecular weight excluding hydrogens is 115 g/mol. The summed E-state index contributed by atoms with van der Waals surface area (Å²) in [5, 5.41) is 17.1. The molecule has 0 amide bonds. The van der Waals surface area contributed by atoms with Gasteiger partial charge in [0, 0.05) is 24.3 Å². The molecule has 2 nitrogen and oxygen atoms in total. The molecule has 0 saturated heterocycles. The first-order valence-corrected chi connectivity index (χ1v) is 2.63. The van der Waals surface area contributed by atoms with Crippen molar-refractivity contribution in [3.8, 4) is 0 Å². The lowest BCUT2D eigenvalue weighted by Crippen LogP contribution is -2.14.